The predicted molar refractivity (Wildman–Crippen MR) is 131 cm³/mol. The minimum atomic E-state index is -2.85. The molecule has 2 fully saturated rings. The molecule has 2 saturated carbocycles. The summed E-state index contributed by atoms with van der Waals surface area (Å²) in [6.45, 7) is 14.6. The van der Waals surface area contributed by atoms with E-state index >= 15 is 0 Å². The van der Waals surface area contributed by atoms with Gasteiger partial charge < -0.3 is 25.9 Å². The summed E-state index contributed by atoms with van der Waals surface area (Å²) < 4.78 is 39.4. The van der Waals surface area contributed by atoms with Crippen LogP contribution in [0.4, 0.5) is 0 Å². The first-order valence-electron chi connectivity index (χ1n) is 12.8. The Hall–Kier alpha value is 0.411. The first-order chi connectivity index (χ1) is 14.9. The standard InChI is InChI=1S/C22H48O6Si3/c1-7-23-29(5,24-8-2)27-31(21-17-13-11-14-18-21,22-19-15-12-16-20-22)28-30(6,25-9-3)26-10-4/h21-22H,7-20H2,1-6H3. The summed E-state index contributed by atoms with van der Waals surface area (Å²) in [5.41, 5.74) is 0.898. The van der Waals surface area contributed by atoms with Gasteiger partial charge >= 0.3 is 26.2 Å². The van der Waals surface area contributed by atoms with Crippen molar-refractivity contribution in [3.63, 3.8) is 0 Å². The second kappa shape index (κ2) is 13.3. The molecule has 9 heteroatoms. The Morgan fingerprint density at radius 2 is 0.806 bits per heavy atom. The fourth-order valence-corrected chi connectivity index (χ4v) is 19.7. The Morgan fingerprint density at radius 3 is 1.06 bits per heavy atom. The smallest absolute Gasteiger partial charge is 0.393 e. The Balaban J connectivity index is 2.52. The molecule has 0 unspecified atom stereocenters. The van der Waals surface area contributed by atoms with Crippen LogP contribution < -0.4 is 0 Å². The molecule has 0 spiro atoms. The van der Waals surface area contributed by atoms with Gasteiger partial charge in [0, 0.05) is 50.6 Å². The summed E-state index contributed by atoms with van der Waals surface area (Å²) in [6.07, 6.45) is 12.3. The van der Waals surface area contributed by atoms with E-state index in [4.69, 9.17) is 25.9 Å². The molecule has 0 amide bonds. The van der Waals surface area contributed by atoms with E-state index in [1.165, 1.54) is 64.2 Å². The SMILES string of the molecule is CCO[Si](C)(OCC)O[Si](O[Si](C)(OCC)OCC)(C1CCCCC1)C1CCCCC1. The molecule has 31 heavy (non-hydrogen) atoms. The fourth-order valence-electron chi connectivity index (χ4n) is 5.53. The van der Waals surface area contributed by atoms with Crippen molar-refractivity contribution >= 4 is 26.2 Å². The van der Waals surface area contributed by atoms with Crippen LogP contribution in [0.5, 0.6) is 0 Å². The molecule has 0 aromatic carbocycles. The van der Waals surface area contributed by atoms with Crippen molar-refractivity contribution in [2.45, 2.75) is 116 Å². The molecule has 0 N–H and O–H groups in total. The Bertz CT molecular complexity index is 442. The number of hydrogen-bond acceptors (Lipinski definition) is 6. The van der Waals surface area contributed by atoms with Gasteiger partial charge in [-0.2, -0.15) is 0 Å². The van der Waals surface area contributed by atoms with E-state index in [1.807, 2.05) is 27.7 Å². The normalized spacial score (nSPS) is 20.3. The largest absolute Gasteiger partial charge is 0.488 e. The summed E-state index contributed by atoms with van der Waals surface area (Å²) >= 11 is 0. The highest BCUT2D eigenvalue weighted by Gasteiger charge is 2.61. The van der Waals surface area contributed by atoms with Gasteiger partial charge in [-0.25, -0.2) is 0 Å². The lowest BCUT2D eigenvalue weighted by Crippen LogP contribution is -2.65. The summed E-state index contributed by atoms with van der Waals surface area (Å²) in [7, 11) is -8.49. The molecular weight excluding hydrogens is 444 g/mol. The minimum absolute atomic E-state index is 0.449. The average Bonchev–Trinajstić information content (AvgIpc) is 2.75. The summed E-state index contributed by atoms with van der Waals surface area (Å²) in [5, 5.41) is 0. The molecule has 0 aliphatic heterocycles. The maximum atomic E-state index is 7.26. The van der Waals surface area contributed by atoms with Gasteiger partial charge in [0.15, 0.2) is 0 Å². The van der Waals surface area contributed by atoms with Crippen molar-refractivity contribution in [2.24, 2.45) is 0 Å². The van der Waals surface area contributed by atoms with Gasteiger partial charge in [0.1, 0.15) is 0 Å². The summed E-state index contributed by atoms with van der Waals surface area (Å²) in [4.78, 5) is 0. The number of hydrogen-bond donors (Lipinski definition) is 0. The zero-order valence-electron chi connectivity index (χ0n) is 21.0. The van der Waals surface area contributed by atoms with Gasteiger partial charge in [-0.15, -0.1) is 0 Å². The van der Waals surface area contributed by atoms with Crippen LogP contribution in [-0.2, 0) is 25.9 Å². The number of rotatable bonds is 14. The Kier molecular flexibility index (Phi) is 11.9. The lowest BCUT2D eigenvalue weighted by atomic mass is 9.99. The van der Waals surface area contributed by atoms with Crippen LogP contribution in [0.15, 0.2) is 0 Å². The van der Waals surface area contributed by atoms with E-state index in [9.17, 15) is 0 Å². The molecule has 6 nitrogen and oxygen atoms in total. The minimum Gasteiger partial charge on any atom is -0.393 e. The molecule has 0 radical (unpaired) electrons. The van der Waals surface area contributed by atoms with E-state index in [0.717, 1.165) is 0 Å². The van der Waals surface area contributed by atoms with Crippen molar-refractivity contribution in [3.8, 4) is 0 Å². The fraction of sp³-hybridized carbons (Fsp3) is 1.00. The lowest BCUT2D eigenvalue weighted by molar-refractivity contribution is 0.0749. The van der Waals surface area contributed by atoms with Crippen LogP contribution in [-0.4, -0.2) is 52.6 Å². The van der Waals surface area contributed by atoms with E-state index in [-0.39, 0.29) is 0 Å². The topological polar surface area (TPSA) is 55.4 Å². The third-order valence-electron chi connectivity index (χ3n) is 6.66. The van der Waals surface area contributed by atoms with Crippen LogP contribution in [0.25, 0.3) is 0 Å². The van der Waals surface area contributed by atoms with E-state index < -0.39 is 26.2 Å². The molecule has 2 aliphatic rings. The third kappa shape index (κ3) is 7.71. The third-order valence-corrected chi connectivity index (χ3v) is 18.9. The zero-order valence-corrected chi connectivity index (χ0v) is 24.0. The van der Waals surface area contributed by atoms with Gasteiger partial charge in [-0.3, -0.25) is 0 Å². The highest BCUT2D eigenvalue weighted by molar-refractivity contribution is 6.85. The van der Waals surface area contributed by atoms with Gasteiger partial charge in [-0.05, 0) is 53.4 Å². The first kappa shape index (κ1) is 27.7. The highest BCUT2D eigenvalue weighted by atomic mass is 28.5. The molecule has 2 aliphatic carbocycles. The molecule has 0 atom stereocenters. The van der Waals surface area contributed by atoms with Crippen molar-refractivity contribution in [3.05, 3.63) is 0 Å². The second-order valence-corrected chi connectivity index (χ2v) is 18.4. The van der Waals surface area contributed by atoms with Crippen molar-refractivity contribution in [2.75, 3.05) is 26.4 Å². The first-order valence-corrected chi connectivity index (χ1v) is 19.2. The van der Waals surface area contributed by atoms with Crippen LogP contribution in [0, 0.1) is 0 Å². The van der Waals surface area contributed by atoms with Crippen LogP contribution in [0.1, 0.15) is 91.9 Å². The lowest BCUT2D eigenvalue weighted by Gasteiger charge is -2.50. The van der Waals surface area contributed by atoms with Gasteiger partial charge in [0.2, 0.25) is 0 Å². The van der Waals surface area contributed by atoms with E-state index in [1.54, 1.807) is 0 Å². The molecule has 2 rings (SSSR count). The summed E-state index contributed by atoms with van der Waals surface area (Å²) in [6, 6.07) is 0. The van der Waals surface area contributed by atoms with Crippen LogP contribution in [0.2, 0.25) is 24.2 Å². The average molecular weight is 493 g/mol. The molecule has 0 bridgehead atoms. The Morgan fingerprint density at radius 1 is 0.516 bits per heavy atom. The quantitative estimate of drug-likeness (QED) is 0.261. The Labute approximate surface area is 194 Å². The van der Waals surface area contributed by atoms with E-state index in [2.05, 4.69) is 13.1 Å². The predicted octanol–water partition coefficient (Wildman–Crippen LogP) is 6.41. The van der Waals surface area contributed by atoms with Crippen LogP contribution >= 0.6 is 0 Å². The van der Waals surface area contributed by atoms with Gasteiger partial charge in [-0.1, -0.05) is 38.5 Å². The van der Waals surface area contributed by atoms with E-state index in [0.29, 0.717) is 37.5 Å². The molecule has 0 saturated heterocycles. The highest BCUT2D eigenvalue weighted by Crippen LogP contribution is 2.51. The molecule has 184 valence electrons. The van der Waals surface area contributed by atoms with Gasteiger partial charge in [0.25, 0.3) is 0 Å². The molecule has 0 heterocycles. The van der Waals surface area contributed by atoms with Crippen molar-refractivity contribution in [1.82, 2.24) is 0 Å². The zero-order chi connectivity index (χ0) is 22.8. The van der Waals surface area contributed by atoms with Crippen molar-refractivity contribution in [1.29, 1.82) is 0 Å². The molecule has 0 aromatic heterocycles. The van der Waals surface area contributed by atoms with Crippen molar-refractivity contribution < 1.29 is 25.9 Å². The second-order valence-electron chi connectivity index (χ2n) is 9.05. The van der Waals surface area contributed by atoms with Gasteiger partial charge in [0.05, 0.1) is 0 Å². The summed E-state index contributed by atoms with van der Waals surface area (Å²) in [5.74, 6) is 0. The molecule has 0 aromatic rings. The molecular formula is C22H48O6Si3. The van der Waals surface area contributed by atoms with Crippen LogP contribution in [0.3, 0.4) is 0 Å². The maximum absolute atomic E-state index is 7.26. The maximum Gasteiger partial charge on any atom is 0.488 e. The monoisotopic (exact) mass is 492 g/mol.